The van der Waals surface area contributed by atoms with Gasteiger partial charge in [-0.05, 0) is 74.9 Å². The summed E-state index contributed by atoms with van der Waals surface area (Å²) in [4.78, 5) is 46.7. The average molecular weight is 655 g/mol. The molecule has 0 saturated heterocycles. The molecule has 260 valence electrons. The van der Waals surface area contributed by atoms with E-state index in [0.29, 0.717) is 24.2 Å². The van der Waals surface area contributed by atoms with Crippen molar-refractivity contribution in [3.8, 4) is 23.0 Å². The Morgan fingerprint density at radius 1 is 0.787 bits per heavy atom. The number of esters is 2. The number of hydrogen-bond donors (Lipinski definition) is 2. The van der Waals surface area contributed by atoms with Crippen molar-refractivity contribution in [2.75, 3.05) is 0 Å². The Hall–Kier alpha value is -4.14. The van der Waals surface area contributed by atoms with E-state index >= 15 is 0 Å². The van der Waals surface area contributed by atoms with Gasteiger partial charge in [0.25, 0.3) is 6.47 Å². The normalized spacial score (nSPS) is 11.1. The van der Waals surface area contributed by atoms with Gasteiger partial charge in [0.05, 0.1) is 5.56 Å². The lowest BCUT2D eigenvalue weighted by atomic mass is 9.82. The van der Waals surface area contributed by atoms with Crippen LogP contribution in [-0.4, -0.2) is 40.0 Å². The standard InChI is InChI=1S/C26H40O3.C12H14O6/c1-7-9-11-12-14-15-23(27)21-17-18-24(29-25(28)16-13-10-8-2)22(19-21)20(3)26(4,5)6;1-12(2,3)18-11(16)7-4-8(14)10(17-6-13)9(15)5-7/h17-19H,3,7-16H2,1-2,4-6H3;4-6,14-15H,1-3H3. The summed E-state index contributed by atoms with van der Waals surface area (Å²) in [6.45, 7) is 19.9. The number of carbonyl (C=O) groups is 4. The number of allylic oxidation sites excluding steroid dienone is 1. The smallest absolute Gasteiger partial charge is 0.338 e. The zero-order chi connectivity index (χ0) is 35.8. The minimum absolute atomic E-state index is 0.0434. The molecule has 0 fully saturated rings. The molecule has 0 radical (unpaired) electrons. The fourth-order valence-corrected chi connectivity index (χ4v) is 4.38. The monoisotopic (exact) mass is 654 g/mol. The maximum atomic E-state index is 12.7. The number of hydrogen-bond acceptors (Lipinski definition) is 9. The fraction of sp³-hybridized carbons (Fsp3) is 0.526. The molecule has 0 heterocycles. The first kappa shape index (κ1) is 40.9. The lowest BCUT2D eigenvalue weighted by Gasteiger charge is -2.24. The Morgan fingerprint density at radius 3 is 1.87 bits per heavy atom. The third-order valence-corrected chi connectivity index (χ3v) is 7.10. The maximum Gasteiger partial charge on any atom is 0.338 e. The zero-order valence-corrected chi connectivity index (χ0v) is 29.5. The first-order valence-electron chi connectivity index (χ1n) is 16.4. The van der Waals surface area contributed by atoms with E-state index in [2.05, 4.69) is 45.9 Å². The minimum Gasteiger partial charge on any atom is -0.504 e. The van der Waals surface area contributed by atoms with Crippen LogP contribution in [0, 0.1) is 5.41 Å². The van der Waals surface area contributed by atoms with E-state index < -0.39 is 28.8 Å². The molecule has 0 bridgehead atoms. The second-order valence-corrected chi connectivity index (χ2v) is 13.5. The van der Waals surface area contributed by atoms with E-state index in [0.717, 1.165) is 55.4 Å². The molecule has 2 aromatic carbocycles. The van der Waals surface area contributed by atoms with Crippen LogP contribution < -0.4 is 9.47 Å². The van der Waals surface area contributed by atoms with Crippen molar-refractivity contribution in [2.24, 2.45) is 5.41 Å². The molecule has 0 aromatic heterocycles. The Bertz CT molecular complexity index is 1340. The van der Waals surface area contributed by atoms with Gasteiger partial charge in [-0.25, -0.2) is 4.79 Å². The average Bonchev–Trinajstić information content (AvgIpc) is 2.97. The molecule has 0 aliphatic carbocycles. The molecule has 0 saturated carbocycles. The summed E-state index contributed by atoms with van der Waals surface area (Å²) in [5.41, 5.74) is 1.38. The van der Waals surface area contributed by atoms with E-state index in [4.69, 9.17) is 9.47 Å². The predicted molar refractivity (Wildman–Crippen MR) is 184 cm³/mol. The lowest BCUT2D eigenvalue weighted by Crippen LogP contribution is -2.23. The molecule has 9 heteroatoms. The van der Waals surface area contributed by atoms with Gasteiger partial charge in [0, 0.05) is 24.0 Å². The SMILES string of the molecule is C=C(c1cc(C(=O)CCCCCCC)ccc1OC(=O)CCCCC)C(C)(C)C.CC(C)(C)OC(=O)c1cc(O)c(OC=O)c(O)c1. The van der Waals surface area contributed by atoms with Gasteiger partial charge in [-0.2, -0.15) is 0 Å². The number of benzene rings is 2. The first-order chi connectivity index (χ1) is 21.9. The Morgan fingerprint density at radius 2 is 1.34 bits per heavy atom. The topological polar surface area (TPSA) is 136 Å². The van der Waals surface area contributed by atoms with Crippen molar-refractivity contribution in [1.82, 2.24) is 0 Å². The summed E-state index contributed by atoms with van der Waals surface area (Å²) in [5.74, 6) is -1.73. The number of phenols is 2. The molecule has 0 aliphatic heterocycles. The molecule has 0 unspecified atom stereocenters. The van der Waals surface area contributed by atoms with Gasteiger partial charge in [0.1, 0.15) is 11.4 Å². The molecule has 0 aliphatic rings. The fourth-order valence-electron chi connectivity index (χ4n) is 4.38. The number of aromatic hydroxyl groups is 2. The lowest BCUT2D eigenvalue weighted by molar-refractivity contribution is -0.134. The van der Waals surface area contributed by atoms with Crippen molar-refractivity contribution in [3.05, 3.63) is 53.6 Å². The van der Waals surface area contributed by atoms with E-state index in [1.54, 1.807) is 32.9 Å². The van der Waals surface area contributed by atoms with Crippen molar-refractivity contribution in [1.29, 1.82) is 0 Å². The minimum atomic E-state index is -0.703. The molecule has 0 amide bonds. The van der Waals surface area contributed by atoms with E-state index in [1.807, 2.05) is 6.07 Å². The quantitative estimate of drug-likeness (QED) is 0.0596. The maximum absolute atomic E-state index is 12.7. The van der Waals surface area contributed by atoms with Crippen LogP contribution in [0.3, 0.4) is 0 Å². The van der Waals surface area contributed by atoms with Gasteiger partial charge in [0.2, 0.25) is 5.75 Å². The molecule has 47 heavy (non-hydrogen) atoms. The highest BCUT2D eigenvalue weighted by atomic mass is 16.6. The summed E-state index contributed by atoms with van der Waals surface area (Å²) in [6, 6.07) is 7.49. The van der Waals surface area contributed by atoms with Gasteiger partial charge in [0.15, 0.2) is 17.3 Å². The van der Waals surface area contributed by atoms with Crippen LogP contribution in [0.25, 0.3) is 5.57 Å². The highest BCUT2D eigenvalue weighted by molar-refractivity contribution is 5.97. The van der Waals surface area contributed by atoms with E-state index in [-0.39, 0.29) is 29.2 Å². The molecule has 2 N–H and O–H groups in total. The van der Waals surface area contributed by atoms with Crippen LogP contribution in [0.15, 0.2) is 36.9 Å². The molecular weight excluding hydrogens is 600 g/mol. The number of phenolic OH excluding ortho intramolecular Hbond substituents is 2. The third kappa shape index (κ3) is 14.9. The Balaban J connectivity index is 0.000000524. The summed E-state index contributed by atoms with van der Waals surface area (Å²) in [7, 11) is 0. The van der Waals surface area contributed by atoms with Crippen LogP contribution in [0.5, 0.6) is 23.0 Å². The Kier molecular flexibility index (Phi) is 17.0. The highest BCUT2D eigenvalue weighted by Crippen LogP contribution is 2.39. The van der Waals surface area contributed by atoms with Crippen LogP contribution in [0.2, 0.25) is 0 Å². The summed E-state index contributed by atoms with van der Waals surface area (Å²) >= 11 is 0. The molecule has 2 rings (SSSR count). The van der Waals surface area contributed by atoms with E-state index in [9.17, 15) is 29.4 Å². The second-order valence-electron chi connectivity index (χ2n) is 13.5. The molecule has 0 atom stereocenters. The third-order valence-electron chi connectivity index (χ3n) is 7.10. The van der Waals surface area contributed by atoms with Gasteiger partial charge in [-0.3, -0.25) is 14.4 Å². The second kappa shape index (κ2) is 19.5. The van der Waals surface area contributed by atoms with Gasteiger partial charge < -0.3 is 24.4 Å². The van der Waals surface area contributed by atoms with Crippen molar-refractivity contribution in [2.45, 2.75) is 125 Å². The van der Waals surface area contributed by atoms with Gasteiger partial charge in [-0.15, -0.1) is 0 Å². The largest absolute Gasteiger partial charge is 0.504 e. The summed E-state index contributed by atoms with van der Waals surface area (Å²) in [5, 5.41) is 19.0. The molecule has 2 aromatic rings. The Labute approximate surface area is 280 Å². The number of rotatable bonds is 16. The van der Waals surface area contributed by atoms with E-state index in [1.165, 1.54) is 19.3 Å². The number of Topliss-reactive ketones (excluding diaryl/α,β-unsaturated/α-hetero) is 1. The van der Waals surface area contributed by atoms with Crippen LogP contribution in [-0.2, 0) is 14.3 Å². The number of ether oxygens (including phenoxy) is 3. The van der Waals surface area contributed by atoms with Crippen molar-refractivity contribution < 1.29 is 43.6 Å². The number of ketones is 1. The van der Waals surface area contributed by atoms with Crippen molar-refractivity contribution in [3.63, 3.8) is 0 Å². The number of carbonyl (C=O) groups excluding carboxylic acids is 4. The first-order valence-corrected chi connectivity index (χ1v) is 16.4. The summed E-state index contributed by atoms with van der Waals surface area (Å²) < 4.78 is 15.1. The molecule has 0 spiro atoms. The van der Waals surface area contributed by atoms with Crippen molar-refractivity contribution >= 4 is 29.8 Å². The number of unbranched alkanes of at least 4 members (excludes halogenated alkanes) is 6. The predicted octanol–water partition coefficient (Wildman–Crippen LogP) is 9.36. The van der Waals surface area contributed by atoms with Crippen LogP contribution >= 0.6 is 0 Å². The molecular formula is C38H54O9. The van der Waals surface area contributed by atoms with Crippen LogP contribution in [0.1, 0.15) is 146 Å². The molecule has 9 nitrogen and oxygen atoms in total. The summed E-state index contributed by atoms with van der Waals surface area (Å²) in [6.07, 6.45) is 9.50. The van der Waals surface area contributed by atoms with Crippen LogP contribution in [0.4, 0.5) is 0 Å². The van der Waals surface area contributed by atoms with Gasteiger partial charge in [-0.1, -0.05) is 79.7 Å². The van der Waals surface area contributed by atoms with Gasteiger partial charge >= 0.3 is 11.9 Å². The zero-order valence-electron chi connectivity index (χ0n) is 29.5. The highest BCUT2D eigenvalue weighted by Gasteiger charge is 2.23.